The van der Waals surface area contributed by atoms with Gasteiger partial charge in [0.25, 0.3) is 0 Å². The number of anilines is 1. The lowest BCUT2D eigenvalue weighted by Crippen LogP contribution is -2.45. The van der Waals surface area contributed by atoms with Crippen LogP contribution in [0.4, 0.5) is 5.69 Å². The third-order valence-electron chi connectivity index (χ3n) is 4.57. The molecule has 2 aromatic rings. The van der Waals surface area contributed by atoms with E-state index in [-0.39, 0.29) is 0 Å². The van der Waals surface area contributed by atoms with Crippen LogP contribution in [0.15, 0.2) is 67.1 Å². The Morgan fingerprint density at radius 3 is 2.56 bits per heavy atom. The van der Waals surface area contributed by atoms with E-state index in [1.54, 1.807) is 6.92 Å². The smallest absolute Gasteiger partial charge is 0.0762 e. The second kappa shape index (κ2) is 7.99. The molecule has 0 amide bonds. The molecule has 1 N–H and O–H groups in total. The number of piperazine rings is 1. The highest BCUT2D eigenvalue weighted by molar-refractivity contribution is 5.53. The standard InChI is InChI=1S/C21H25N3O/c1-17(6-7-19-4-3-5-20(16-19)18(2)25)23-12-14-24(15-13-23)21-8-10-22-11-9-21/h3-11,16,18,25H,1,12-15H2,2H3/b7-6-. The first-order valence-corrected chi connectivity index (χ1v) is 8.68. The van der Waals surface area contributed by atoms with Crippen LogP contribution in [-0.4, -0.2) is 41.2 Å². The highest BCUT2D eigenvalue weighted by Gasteiger charge is 2.17. The van der Waals surface area contributed by atoms with Gasteiger partial charge in [-0.15, -0.1) is 0 Å². The molecule has 1 aromatic heterocycles. The molecule has 4 nitrogen and oxygen atoms in total. The van der Waals surface area contributed by atoms with Crippen molar-refractivity contribution in [1.29, 1.82) is 0 Å². The summed E-state index contributed by atoms with van der Waals surface area (Å²) in [4.78, 5) is 8.77. The van der Waals surface area contributed by atoms with Crippen LogP contribution in [0.1, 0.15) is 24.2 Å². The molecular weight excluding hydrogens is 310 g/mol. The molecule has 1 aliphatic heterocycles. The summed E-state index contributed by atoms with van der Waals surface area (Å²) in [6, 6.07) is 12.1. The molecular formula is C21H25N3O. The lowest BCUT2D eigenvalue weighted by molar-refractivity contribution is 0.199. The molecule has 1 unspecified atom stereocenters. The molecule has 4 heteroatoms. The molecule has 1 aromatic carbocycles. The fraction of sp³-hybridized carbons (Fsp3) is 0.286. The fourth-order valence-electron chi connectivity index (χ4n) is 3.03. The van der Waals surface area contributed by atoms with Crippen molar-refractivity contribution in [3.8, 4) is 0 Å². The first-order chi connectivity index (χ1) is 12.1. The zero-order chi connectivity index (χ0) is 17.6. The van der Waals surface area contributed by atoms with Crippen LogP contribution in [0.5, 0.6) is 0 Å². The Bertz CT molecular complexity index is 732. The Hall–Kier alpha value is -2.59. The zero-order valence-electron chi connectivity index (χ0n) is 14.7. The molecule has 0 aliphatic carbocycles. The number of allylic oxidation sites excluding steroid dienone is 1. The summed E-state index contributed by atoms with van der Waals surface area (Å²) in [5.41, 5.74) is 4.26. The fourth-order valence-corrected chi connectivity index (χ4v) is 3.03. The molecule has 130 valence electrons. The first kappa shape index (κ1) is 17.2. The van der Waals surface area contributed by atoms with Gasteiger partial charge >= 0.3 is 0 Å². The number of benzene rings is 1. The molecule has 0 saturated carbocycles. The quantitative estimate of drug-likeness (QED) is 0.849. The molecule has 0 radical (unpaired) electrons. The SMILES string of the molecule is C=C(/C=C\c1cccc(C(C)O)c1)N1CCN(c2ccncc2)CC1. The van der Waals surface area contributed by atoms with Crippen molar-refractivity contribution in [2.45, 2.75) is 13.0 Å². The van der Waals surface area contributed by atoms with Gasteiger partial charge in [0, 0.05) is 50.0 Å². The Morgan fingerprint density at radius 1 is 1.16 bits per heavy atom. The van der Waals surface area contributed by atoms with Gasteiger partial charge in [0.05, 0.1) is 6.10 Å². The van der Waals surface area contributed by atoms with Gasteiger partial charge in [-0.05, 0) is 42.3 Å². The minimum Gasteiger partial charge on any atom is -0.389 e. The Balaban J connectivity index is 1.57. The molecule has 0 spiro atoms. The lowest BCUT2D eigenvalue weighted by atomic mass is 10.1. The van der Waals surface area contributed by atoms with E-state index < -0.39 is 6.10 Å². The van der Waals surface area contributed by atoms with Crippen LogP contribution in [0.25, 0.3) is 6.08 Å². The number of aliphatic hydroxyl groups excluding tert-OH is 1. The summed E-state index contributed by atoms with van der Waals surface area (Å²) in [6.07, 6.45) is 7.35. The third-order valence-corrected chi connectivity index (χ3v) is 4.57. The van der Waals surface area contributed by atoms with E-state index in [2.05, 4.69) is 45.6 Å². The maximum absolute atomic E-state index is 9.69. The average Bonchev–Trinajstić information content (AvgIpc) is 2.67. The van der Waals surface area contributed by atoms with E-state index in [1.807, 2.05) is 36.7 Å². The maximum Gasteiger partial charge on any atom is 0.0762 e. The summed E-state index contributed by atoms with van der Waals surface area (Å²) in [5, 5.41) is 9.69. The van der Waals surface area contributed by atoms with Gasteiger partial charge in [-0.25, -0.2) is 0 Å². The summed E-state index contributed by atoms with van der Waals surface area (Å²) in [5.74, 6) is 0. The predicted molar refractivity (Wildman–Crippen MR) is 103 cm³/mol. The Morgan fingerprint density at radius 2 is 1.88 bits per heavy atom. The monoisotopic (exact) mass is 335 g/mol. The van der Waals surface area contributed by atoms with Crippen LogP contribution < -0.4 is 4.90 Å². The van der Waals surface area contributed by atoms with Crippen molar-refractivity contribution in [2.24, 2.45) is 0 Å². The second-order valence-corrected chi connectivity index (χ2v) is 6.35. The number of rotatable bonds is 5. The third kappa shape index (κ3) is 4.48. The highest BCUT2D eigenvalue weighted by Crippen LogP contribution is 2.18. The minimum atomic E-state index is -0.446. The topological polar surface area (TPSA) is 39.6 Å². The van der Waals surface area contributed by atoms with Gasteiger partial charge in [-0.3, -0.25) is 4.98 Å². The van der Waals surface area contributed by atoms with Crippen molar-refractivity contribution < 1.29 is 5.11 Å². The average molecular weight is 335 g/mol. The van der Waals surface area contributed by atoms with Crippen LogP contribution in [0.3, 0.4) is 0 Å². The first-order valence-electron chi connectivity index (χ1n) is 8.68. The van der Waals surface area contributed by atoms with Crippen LogP contribution in [-0.2, 0) is 0 Å². The van der Waals surface area contributed by atoms with E-state index in [4.69, 9.17) is 0 Å². The summed E-state index contributed by atoms with van der Waals surface area (Å²) in [6.45, 7) is 9.87. The molecule has 2 heterocycles. The normalized spacial score (nSPS) is 16.2. The Kier molecular flexibility index (Phi) is 5.51. The number of pyridine rings is 1. The second-order valence-electron chi connectivity index (χ2n) is 6.35. The van der Waals surface area contributed by atoms with Crippen molar-refractivity contribution in [3.05, 3.63) is 78.3 Å². The van der Waals surface area contributed by atoms with E-state index in [1.165, 1.54) is 5.69 Å². The molecule has 3 rings (SSSR count). The van der Waals surface area contributed by atoms with Gasteiger partial charge in [0.1, 0.15) is 0 Å². The van der Waals surface area contributed by atoms with Crippen LogP contribution in [0, 0.1) is 0 Å². The predicted octanol–water partition coefficient (Wildman–Crippen LogP) is 3.48. The van der Waals surface area contributed by atoms with Crippen LogP contribution >= 0.6 is 0 Å². The Labute approximate surface area is 149 Å². The van der Waals surface area contributed by atoms with Gasteiger partial charge in [0.15, 0.2) is 0 Å². The number of nitrogens with zero attached hydrogens (tertiary/aromatic N) is 3. The van der Waals surface area contributed by atoms with Crippen molar-refractivity contribution in [2.75, 3.05) is 31.1 Å². The molecule has 1 atom stereocenters. The van der Waals surface area contributed by atoms with E-state index in [9.17, 15) is 5.11 Å². The number of aromatic nitrogens is 1. The highest BCUT2D eigenvalue weighted by atomic mass is 16.3. The van der Waals surface area contributed by atoms with Crippen LogP contribution in [0.2, 0.25) is 0 Å². The summed E-state index contributed by atoms with van der Waals surface area (Å²) < 4.78 is 0. The minimum absolute atomic E-state index is 0.446. The number of aliphatic hydroxyl groups is 1. The summed E-state index contributed by atoms with van der Waals surface area (Å²) in [7, 11) is 0. The zero-order valence-corrected chi connectivity index (χ0v) is 14.7. The largest absolute Gasteiger partial charge is 0.389 e. The van der Waals surface area contributed by atoms with Gasteiger partial charge < -0.3 is 14.9 Å². The number of hydrogen-bond acceptors (Lipinski definition) is 4. The maximum atomic E-state index is 9.69. The van der Waals surface area contributed by atoms with Gasteiger partial charge in [-0.2, -0.15) is 0 Å². The van der Waals surface area contributed by atoms with Gasteiger partial charge in [-0.1, -0.05) is 30.9 Å². The molecule has 25 heavy (non-hydrogen) atoms. The molecule has 1 aliphatic rings. The molecule has 1 saturated heterocycles. The van der Waals surface area contributed by atoms with E-state index in [0.717, 1.165) is 43.0 Å². The number of hydrogen-bond donors (Lipinski definition) is 1. The van der Waals surface area contributed by atoms with E-state index >= 15 is 0 Å². The molecule has 0 bridgehead atoms. The van der Waals surface area contributed by atoms with Crippen molar-refractivity contribution in [3.63, 3.8) is 0 Å². The van der Waals surface area contributed by atoms with Gasteiger partial charge in [0.2, 0.25) is 0 Å². The van der Waals surface area contributed by atoms with Crippen molar-refractivity contribution >= 4 is 11.8 Å². The molecule has 1 fully saturated rings. The summed E-state index contributed by atoms with van der Waals surface area (Å²) >= 11 is 0. The lowest BCUT2D eigenvalue weighted by Gasteiger charge is -2.37. The van der Waals surface area contributed by atoms with Crippen molar-refractivity contribution in [1.82, 2.24) is 9.88 Å². The van der Waals surface area contributed by atoms with E-state index in [0.29, 0.717) is 0 Å².